The van der Waals surface area contributed by atoms with Crippen molar-refractivity contribution < 1.29 is 22.4 Å². The van der Waals surface area contributed by atoms with Crippen molar-refractivity contribution in [3.05, 3.63) is 24.2 Å². The highest BCUT2D eigenvalue weighted by atomic mass is 32.2. The zero-order valence-corrected chi connectivity index (χ0v) is 12.2. The van der Waals surface area contributed by atoms with Crippen LogP contribution in [0.2, 0.25) is 0 Å². The van der Waals surface area contributed by atoms with E-state index in [1.807, 2.05) is 0 Å². The lowest BCUT2D eigenvalue weighted by molar-refractivity contribution is 0.0723. The van der Waals surface area contributed by atoms with E-state index in [0.717, 1.165) is 0 Å². The number of anilines is 1. The lowest BCUT2D eigenvalue weighted by Gasteiger charge is -2.24. The Balaban J connectivity index is 1.76. The molecule has 2 aromatic heterocycles. The molecule has 0 unspecified atom stereocenters. The van der Waals surface area contributed by atoms with Crippen molar-refractivity contribution in [2.45, 2.75) is 5.09 Å². The summed E-state index contributed by atoms with van der Waals surface area (Å²) in [7, 11) is -3.77. The van der Waals surface area contributed by atoms with Crippen LogP contribution in [0.3, 0.4) is 0 Å². The maximum Gasteiger partial charge on any atom is 0.293 e. The Kier molecular flexibility index (Phi) is 3.92. The molecule has 11 heteroatoms. The first-order valence-corrected chi connectivity index (χ1v) is 7.86. The standard InChI is InChI=1S/C11H13N5O5S/c17-10(14-11-12-7-13-15-11)8-1-2-9(21-8)22(18,19)16-3-5-20-6-4-16/h1-2,7H,3-6H2,(H2,12,13,14,15,17). The van der Waals surface area contributed by atoms with Crippen LogP contribution in [0.5, 0.6) is 0 Å². The topological polar surface area (TPSA) is 130 Å². The molecule has 0 aromatic carbocycles. The van der Waals surface area contributed by atoms with Crippen LogP contribution in [0.15, 0.2) is 28.0 Å². The van der Waals surface area contributed by atoms with E-state index >= 15 is 0 Å². The normalized spacial score (nSPS) is 16.5. The second-order valence-electron chi connectivity index (χ2n) is 4.42. The Morgan fingerprint density at radius 2 is 2.09 bits per heavy atom. The van der Waals surface area contributed by atoms with E-state index in [1.54, 1.807) is 0 Å². The largest absolute Gasteiger partial charge is 0.438 e. The average Bonchev–Trinajstić information content (AvgIpc) is 3.19. The number of ether oxygens (including phenoxy) is 1. The van der Waals surface area contributed by atoms with E-state index < -0.39 is 15.9 Å². The number of amides is 1. The summed E-state index contributed by atoms with van der Waals surface area (Å²) in [6.45, 7) is 1.17. The summed E-state index contributed by atoms with van der Waals surface area (Å²) >= 11 is 0. The maximum atomic E-state index is 12.4. The van der Waals surface area contributed by atoms with Gasteiger partial charge in [-0.2, -0.15) is 14.4 Å². The SMILES string of the molecule is O=C(Nc1ncn[nH]1)c1ccc(S(=O)(=O)N2CCOCC2)o1. The average molecular weight is 327 g/mol. The molecule has 2 aromatic rings. The number of furan rings is 1. The van der Waals surface area contributed by atoms with Gasteiger partial charge in [0.15, 0.2) is 5.76 Å². The quantitative estimate of drug-likeness (QED) is 0.786. The van der Waals surface area contributed by atoms with E-state index in [-0.39, 0.29) is 29.9 Å². The minimum atomic E-state index is -3.77. The third-order valence-corrected chi connectivity index (χ3v) is 4.79. The van der Waals surface area contributed by atoms with Crippen molar-refractivity contribution >= 4 is 21.9 Å². The summed E-state index contributed by atoms with van der Waals surface area (Å²) in [6, 6.07) is 2.54. The lowest BCUT2D eigenvalue weighted by atomic mass is 10.4. The van der Waals surface area contributed by atoms with Crippen molar-refractivity contribution in [3.8, 4) is 0 Å². The Labute approximate surface area is 125 Å². The summed E-state index contributed by atoms with van der Waals surface area (Å²) in [5, 5.41) is 8.14. The molecule has 0 atom stereocenters. The molecule has 10 nitrogen and oxygen atoms in total. The van der Waals surface area contributed by atoms with E-state index in [9.17, 15) is 13.2 Å². The molecule has 0 radical (unpaired) electrons. The Morgan fingerprint density at radius 3 is 2.77 bits per heavy atom. The number of carbonyl (C=O) groups excluding carboxylic acids is 1. The van der Waals surface area contributed by atoms with Gasteiger partial charge in [0.25, 0.3) is 15.9 Å². The van der Waals surface area contributed by atoms with Crippen molar-refractivity contribution in [1.82, 2.24) is 19.5 Å². The maximum absolute atomic E-state index is 12.4. The molecule has 1 amide bonds. The van der Waals surface area contributed by atoms with Crippen LogP contribution in [0.25, 0.3) is 0 Å². The first-order valence-electron chi connectivity index (χ1n) is 6.42. The van der Waals surface area contributed by atoms with Gasteiger partial charge in [0.05, 0.1) is 13.2 Å². The fraction of sp³-hybridized carbons (Fsp3) is 0.364. The molecule has 1 saturated heterocycles. The molecule has 0 spiro atoms. The van der Waals surface area contributed by atoms with E-state index in [0.29, 0.717) is 13.2 Å². The van der Waals surface area contributed by atoms with Crippen LogP contribution in [0.4, 0.5) is 5.95 Å². The number of aromatic nitrogens is 3. The number of rotatable bonds is 4. The zero-order chi connectivity index (χ0) is 15.6. The van der Waals surface area contributed by atoms with Crippen molar-refractivity contribution in [2.75, 3.05) is 31.6 Å². The number of hydrogen-bond donors (Lipinski definition) is 2. The van der Waals surface area contributed by atoms with E-state index in [2.05, 4.69) is 20.5 Å². The molecule has 1 aliphatic rings. The predicted molar refractivity (Wildman–Crippen MR) is 72.6 cm³/mol. The third kappa shape index (κ3) is 2.86. The van der Waals surface area contributed by atoms with Gasteiger partial charge in [0.2, 0.25) is 11.0 Å². The van der Waals surface area contributed by atoms with Gasteiger partial charge in [0.1, 0.15) is 6.33 Å². The van der Waals surface area contributed by atoms with Crippen molar-refractivity contribution in [3.63, 3.8) is 0 Å². The highest BCUT2D eigenvalue weighted by Crippen LogP contribution is 2.20. The number of morpholine rings is 1. The first kappa shape index (κ1) is 14.7. The molecule has 0 bridgehead atoms. The first-order chi connectivity index (χ1) is 10.6. The molecular weight excluding hydrogens is 314 g/mol. The van der Waals surface area contributed by atoms with Crippen LogP contribution in [0, 0.1) is 0 Å². The number of aromatic amines is 1. The third-order valence-electron chi connectivity index (χ3n) is 3.02. The van der Waals surface area contributed by atoms with Gasteiger partial charge in [-0.15, -0.1) is 0 Å². The number of nitrogens with zero attached hydrogens (tertiary/aromatic N) is 3. The molecule has 0 saturated carbocycles. The minimum Gasteiger partial charge on any atom is -0.438 e. The lowest BCUT2D eigenvalue weighted by Crippen LogP contribution is -2.40. The minimum absolute atomic E-state index is 0.136. The van der Waals surface area contributed by atoms with Gasteiger partial charge in [-0.1, -0.05) is 0 Å². The Hall–Kier alpha value is -2.24. The van der Waals surface area contributed by atoms with Crippen LogP contribution in [-0.4, -0.2) is 60.1 Å². The molecular formula is C11H13N5O5S. The molecule has 22 heavy (non-hydrogen) atoms. The number of hydrogen-bond acceptors (Lipinski definition) is 7. The molecule has 1 fully saturated rings. The summed E-state index contributed by atoms with van der Waals surface area (Å²) < 4.78 is 36.3. The molecule has 3 heterocycles. The predicted octanol–water partition coefficient (Wildman–Crippen LogP) is -0.329. The molecule has 3 rings (SSSR count). The zero-order valence-electron chi connectivity index (χ0n) is 11.4. The van der Waals surface area contributed by atoms with Gasteiger partial charge in [-0.3, -0.25) is 10.1 Å². The summed E-state index contributed by atoms with van der Waals surface area (Å²) in [4.78, 5) is 15.6. The summed E-state index contributed by atoms with van der Waals surface area (Å²) in [5.74, 6) is -0.623. The van der Waals surface area contributed by atoms with Gasteiger partial charge in [-0.05, 0) is 12.1 Å². The fourth-order valence-electron chi connectivity index (χ4n) is 1.93. The highest BCUT2D eigenvalue weighted by Gasteiger charge is 2.30. The van der Waals surface area contributed by atoms with Crippen LogP contribution < -0.4 is 5.32 Å². The Bertz CT molecular complexity index is 748. The van der Waals surface area contributed by atoms with Gasteiger partial charge >= 0.3 is 0 Å². The van der Waals surface area contributed by atoms with Gasteiger partial charge in [0, 0.05) is 13.1 Å². The summed E-state index contributed by atoms with van der Waals surface area (Å²) in [5.41, 5.74) is 0. The van der Waals surface area contributed by atoms with Crippen molar-refractivity contribution in [1.29, 1.82) is 0 Å². The monoisotopic (exact) mass is 327 g/mol. The fourth-order valence-corrected chi connectivity index (χ4v) is 3.25. The van der Waals surface area contributed by atoms with Crippen LogP contribution in [-0.2, 0) is 14.8 Å². The van der Waals surface area contributed by atoms with Gasteiger partial charge in [-0.25, -0.2) is 13.5 Å². The number of nitrogens with one attached hydrogen (secondary N) is 2. The summed E-state index contributed by atoms with van der Waals surface area (Å²) in [6.07, 6.45) is 1.23. The van der Waals surface area contributed by atoms with Crippen LogP contribution >= 0.6 is 0 Å². The smallest absolute Gasteiger partial charge is 0.293 e. The molecule has 2 N–H and O–H groups in total. The second kappa shape index (κ2) is 5.87. The van der Waals surface area contributed by atoms with Crippen LogP contribution in [0.1, 0.15) is 10.6 Å². The second-order valence-corrected chi connectivity index (χ2v) is 6.29. The van der Waals surface area contributed by atoms with Gasteiger partial charge < -0.3 is 9.15 Å². The van der Waals surface area contributed by atoms with E-state index in [1.165, 1.54) is 22.8 Å². The Morgan fingerprint density at radius 1 is 1.32 bits per heavy atom. The molecule has 118 valence electrons. The number of sulfonamides is 1. The molecule has 0 aliphatic carbocycles. The number of carbonyl (C=O) groups is 1. The molecule has 1 aliphatic heterocycles. The van der Waals surface area contributed by atoms with Crippen molar-refractivity contribution in [2.24, 2.45) is 0 Å². The van der Waals surface area contributed by atoms with E-state index in [4.69, 9.17) is 9.15 Å². The highest BCUT2D eigenvalue weighted by molar-refractivity contribution is 7.89. The number of H-pyrrole nitrogens is 1.